The molecule has 19 heavy (non-hydrogen) atoms. The van der Waals surface area contributed by atoms with Gasteiger partial charge in [0.15, 0.2) is 5.84 Å². The third kappa shape index (κ3) is 3.40. The fourth-order valence-electron chi connectivity index (χ4n) is 1.32. The summed E-state index contributed by atoms with van der Waals surface area (Å²) in [6.07, 6.45) is 0. The number of hydrogen-bond acceptors (Lipinski definition) is 3. The minimum absolute atomic E-state index is 0.0173. The molecule has 104 valence electrons. The molecule has 0 atom stereocenters. The number of nitrogens with zero attached hydrogens (tertiary/aromatic N) is 1. The first-order chi connectivity index (χ1) is 8.78. The molecule has 1 aromatic carbocycles. The Balaban J connectivity index is 2.77. The van der Waals surface area contributed by atoms with Crippen LogP contribution < -0.4 is 11.1 Å². The number of oxime groups is 1. The van der Waals surface area contributed by atoms with Crippen molar-refractivity contribution in [1.29, 1.82) is 0 Å². The van der Waals surface area contributed by atoms with Gasteiger partial charge in [-0.1, -0.05) is 5.16 Å². The lowest BCUT2D eigenvalue weighted by Gasteiger charge is -2.21. The number of nitrogens with one attached hydrogen (secondary N) is 1. The maximum absolute atomic E-state index is 13.3. The van der Waals surface area contributed by atoms with E-state index in [1.54, 1.807) is 0 Å². The molecular weight excluding hydrogens is 256 g/mol. The first kappa shape index (κ1) is 14.9. The molecule has 0 saturated heterocycles. The fraction of sp³-hybridized carbons (Fsp3) is 0.333. The molecule has 0 heterocycles. The Bertz CT molecular complexity index is 516. The molecule has 0 aromatic heterocycles. The van der Waals surface area contributed by atoms with Gasteiger partial charge in [0.05, 0.1) is 0 Å². The van der Waals surface area contributed by atoms with E-state index in [2.05, 4.69) is 10.5 Å². The number of rotatable bonds is 4. The van der Waals surface area contributed by atoms with Crippen LogP contribution in [0.1, 0.15) is 19.4 Å². The maximum atomic E-state index is 13.3. The van der Waals surface area contributed by atoms with Gasteiger partial charge in [-0.05, 0) is 32.0 Å². The lowest BCUT2D eigenvalue weighted by atomic mass is 9.91. The van der Waals surface area contributed by atoms with Crippen molar-refractivity contribution < 1.29 is 18.8 Å². The second kappa shape index (κ2) is 5.64. The number of amides is 1. The lowest BCUT2D eigenvalue weighted by Crippen LogP contribution is -2.45. The van der Waals surface area contributed by atoms with E-state index in [1.165, 1.54) is 13.8 Å². The van der Waals surface area contributed by atoms with Crippen LogP contribution in [0, 0.1) is 17.0 Å². The molecular formula is C12H15F2N3O2. The predicted molar refractivity (Wildman–Crippen MR) is 65.4 cm³/mol. The molecule has 0 aliphatic rings. The van der Waals surface area contributed by atoms with Crippen LogP contribution in [0.25, 0.3) is 0 Å². The average molecular weight is 271 g/mol. The van der Waals surface area contributed by atoms with Crippen molar-refractivity contribution in [2.45, 2.75) is 20.4 Å². The van der Waals surface area contributed by atoms with E-state index >= 15 is 0 Å². The van der Waals surface area contributed by atoms with Gasteiger partial charge in [0.25, 0.3) is 0 Å². The summed E-state index contributed by atoms with van der Waals surface area (Å²) in [7, 11) is 0. The summed E-state index contributed by atoms with van der Waals surface area (Å²) in [4.78, 5) is 11.8. The highest BCUT2D eigenvalue weighted by Crippen LogP contribution is 2.16. The highest BCUT2D eigenvalue weighted by molar-refractivity contribution is 6.05. The molecule has 4 N–H and O–H groups in total. The third-order valence-electron chi connectivity index (χ3n) is 2.76. The first-order valence-corrected chi connectivity index (χ1v) is 5.49. The molecule has 0 fully saturated rings. The van der Waals surface area contributed by atoms with Crippen LogP contribution in [0.3, 0.4) is 0 Å². The summed E-state index contributed by atoms with van der Waals surface area (Å²) in [6.45, 7) is 2.70. The Morgan fingerprint density at radius 2 is 2.11 bits per heavy atom. The third-order valence-corrected chi connectivity index (χ3v) is 2.76. The summed E-state index contributed by atoms with van der Waals surface area (Å²) in [6, 6.07) is 2.96. The van der Waals surface area contributed by atoms with E-state index < -0.39 is 23.0 Å². The minimum atomic E-state index is -1.25. The van der Waals surface area contributed by atoms with Crippen LogP contribution in [0.15, 0.2) is 23.4 Å². The molecule has 0 bridgehead atoms. The lowest BCUT2D eigenvalue weighted by molar-refractivity contribution is -0.126. The Kier molecular flexibility index (Phi) is 4.42. The second-order valence-corrected chi connectivity index (χ2v) is 4.53. The Labute approximate surface area is 109 Å². The van der Waals surface area contributed by atoms with Crippen molar-refractivity contribution in [3.63, 3.8) is 0 Å². The van der Waals surface area contributed by atoms with Gasteiger partial charge in [0, 0.05) is 12.1 Å². The molecule has 1 rings (SSSR count). The van der Waals surface area contributed by atoms with Crippen LogP contribution in [-0.2, 0) is 11.3 Å². The number of carbonyl (C=O) groups is 1. The van der Waals surface area contributed by atoms with E-state index in [-0.39, 0.29) is 17.9 Å². The quantitative estimate of drug-likeness (QED) is 0.334. The van der Waals surface area contributed by atoms with Crippen LogP contribution in [0.4, 0.5) is 8.78 Å². The highest BCUT2D eigenvalue weighted by atomic mass is 19.1. The number of carbonyl (C=O) groups excluding carboxylic acids is 1. The first-order valence-electron chi connectivity index (χ1n) is 5.49. The predicted octanol–water partition coefficient (Wildman–Crippen LogP) is 1.35. The zero-order chi connectivity index (χ0) is 14.6. The number of hydrogen-bond donors (Lipinski definition) is 3. The average Bonchev–Trinajstić information content (AvgIpc) is 2.38. The van der Waals surface area contributed by atoms with Gasteiger partial charge < -0.3 is 16.3 Å². The number of halogens is 2. The van der Waals surface area contributed by atoms with Crippen LogP contribution in [0.5, 0.6) is 0 Å². The van der Waals surface area contributed by atoms with Crippen molar-refractivity contribution >= 4 is 11.7 Å². The standard InChI is InChI=1S/C12H15F2N3O2/c1-12(2,10(15)17-19)11(18)16-6-7-5-8(13)3-4-9(7)14/h3-5,19H,6H2,1-2H3,(H2,15,17)(H,16,18). The van der Waals surface area contributed by atoms with Gasteiger partial charge >= 0.3 is 0 Å². The SMILES string of the molecule is CC(C)(C(=O)NCc1cc(F)ccc1F)C(N)=NO. The second-order valence-electron chi connectivity index (χ2n) is 4.53. The van der Waals surface area contributed by atoms with Crippen molar-refractivity contribution in [3.8, 4) is 0 Å². The van der Waals surface area contributed by atoms with E-state index in [9.17, 15) is 13.6 Å². The zero-order valence-corrected chi connectivity index (χ0v) is 10.6. The van der Waals surface area contributed by atoms with Crippen molar-refractivity contribution in [2.24, 2.45) is 16.3 Å². The Hall–Kier alpha value is -2.18. The zero-order valence-electron chi connectivity index (χ0n) is 10.6. The van der Waals surface area contributed by atoms with Crippen molar-refractivity contribution in [3.05, 3.63) is 35.4 Å². The molecule has 0 aliphatic heterocycles. The van der Waals surface area contributed by atoms with Gasteiger partial charge in [0.2, 0.25) is 5.91 Å². The fourth-order valence-corrected chi connectivity index (χ4v) is 1.32. The van der Waals surface area contributed by atoms with E-state index in [1.807, 2.05) is 0 Å². The summed E-state index contributed by atoms with van der Waals surface area (Å²) in [5.74, 6) is -2.05. The topological polar surface area (TPSA) is 87.7 Å². The number of benzene rings is 1. The molecule has 5 nitrogen and oxygen atoms in total. The monoisotopic (exact) mass is 271 g/mol. The van der Waals surface area contributed by atoms with Crippen LogP contribution in [0.2, 0.25) is 0 Å². The molecule has 7 heteroatoms. The van der Waals surface area contributed by atoms with E-state index in [0.29, 0.717) is 0 Å². The molecule has 0 radical (unpaired) electrons. The number of amidine groups is 1. The Morgan fingerprint density at radius 3 is 2.68 bits per heavy atom. The molecule has 1 aromatic rings. The largest absolute Gasteiger partial charge is 0.409 e. The minimum Gasteiger partial charge on any atom is -0.409 e. The molecule has 0 spiro atoms. The molecule has 0 unspecified atom stereocenters. The molecule has 0 saturated carbocycles. The Morgan fingerprint density at radius 1 is 1.47 bits per heavy atom. The maximum Gasteiger partial charge on any atom is 0.233 e. The normalized spacial score (nSPS) is 12.3. The van der Waals surface area contributed by atoms with Crippen LogP contribution in [-0.4, -0.2) is 17.0 Å². The number of nitrogens with two attached hydrogens (primary N) is 1. The van der Waals surface area contributed by atoms with Gasteiger partial charge in [-0.15, -0.1) is 0 Å². The summed E-state index contributed by atoms with van der Waals surface area (Å²) in [5, 5.41) is 13.7. The van der Waals surface area contributed by atoms with Crippen LogP contribution >= 0.6 is 0 Å². The smallest absolute Gasteiger partial charge is 0.233 e. The van der Waals surface area contributed by atoms with Crippen molar-refractivity contribution in [2.75, 3.05) is 0 Å². The summed E-state index contributed by atoms with van der Waals surface area (Å²) >= 11 is 0. The van der Waals surface area contributed by atoms with Gasteiger partial charge in [0.1, 0.15) is 17.0 Å². The van der Waals surface area contributed by atoms with Gasteiger partial charge in [-0.3, -0.25) is 4.79 Å². The van der Waals surface area contributed by atoms with Gasteiger partial charge in [-0.25, -0.2) is 8.78 Å². The van der Waals surface area contributed by atoms with E-state index in [0.717, 1.165) is 18.2 Å². The van der Waals surface area contributed by atoms with E-state index in [4.69, 9.17) is 10.9 Å². The molecule has 0 aliphatic carbocycles. The summed E-state index contributed by atoms with van der Waals surface area (Å²) in [5.41, 5.74) is 4.15. The highest BCUT2D eigenvalue weighted by Gasteiger charge is 2.32. The van der Waals surface area contributed by atoms with Crippen molar-refractivity contribution in [1.82, 2.24) is 5.32 Å². The van der Waals surface area contributed by atoms with Gasteiger partial charge in [-0.2, -0.15) is 0 Å². The summed E-state index contributed by atoms with van der Waals surface area (Å²) < 4.78 is 26.3. The molecule has 1 amide bonds.